The van der Waals surface area contributed by atoms with Crippen molar-refractivity contribution in [3.8, 4) is 0 Å². The van der Waals surface area contributed by atoms with Gasteiger partial charge < -0.3 is 14.6 Å². The highest BCUT2D eigenvalue weighted by atomic mass is 32.2. The molecule has 19 heavy (non-hydrogen) atoms. The van der Waals surface area contributed by atoms with Crippen molar-refractivity contribution in [3.63, 3.8) is 0 Å². The number of carboxylic acids is 1. The van der Waals surface area contributed by atoms with Gasteiger partial charge in [-0.15, -0.1) is 11.8 Å². The third kappa shape index (κ3) is 2.13. The first-order valence-corrected chi connectivity index (χ1v) is 6.28. The van der Waals surface area contributed by atoms with Crippen LogP contribution in [-0.2, 0) is 19.1 Å². The highest BCUT2D eigenvalue weighted by Crippen LogP contribution is 2.37. The first kappa shape index (κ1) is 13.3. The molecule has 0 spiro atoms. The Hall–Kier alpha value is -2.12. The van der Waals surface area contributed by atoms with E-state index in [4.69, 9.17) is 10.3 Å². The van der Waals surface area contributed by atoms with Crippen LogP contribution in [0.4, 0.5) is 0 Å². The summed E-state index contributed by atoms with van der Waals surface area (Å²) >= 11 is 1.24. The summed E-state index contributed by atoms with van der Waals surface area (Å²) in [4.78, 5) is 37.6. The molecule has 9 heteroatoms. The zero-order valence-corrected chi connectivity index (χ0v) is 10.7. The smallest absolute Gasteiger partial charge is 0.438 e. The zero-order valence-electron chi connectivity index (χ0n) is 9.84. The summed E-state index contributed by atoms with van der Waals surface area (Å²) in [5.74, 6) is -2.42. The van der Waals surface area contributed by atoms with Crippen molar-refractivity contribution in [3.05, 3.63) is 11.3 Å². The van der Waals surface area contributed by atoms with Crippen LogP contribution < -0.4 is 5.11 Å². The highest BCUT2D eigenvalue weighted by molar-refractivity contribution is 8.01. The highest BCUT2D eigenvalue weighted by Gasteiger charge is 2.57. The number of ether oxygens (including phenoxy) is 1. The number of nitrogens with one attached hydrogen (secondary N) is 1. The first-order valence-electron chi connectivity index (χ1n) is 5.23. The lowest BCUT2D eigenvalue weighted by Crippen LogP contribution is -2.64. The molecule has 0 bridgehead atoms. The van der Waals surface area contributed by atoms with Gasteiger partial charge in [-0.25, -0.2) is 0 Å². The van der Waals surface area contributed by atoms with E-state index in [1.165, 1.54) is 18.7 Å². The Kier molecular flexibility index (Phi) is 3.41. The Morgan fingerprint density at radius 2 is 2.32 bits per heavy atom. The number of carbonyl (C=O) groups is 3. The first-order chi connectivity index (χ1) is 8.97. The van der Waals surface area contributed by atoms with Crippen molar-refractivity contribution in [2.75, 3.05) is 12.4 Å². The molecule has 1 amide bonds. The maximum atomic E-state index is 11.7. The van der Waals surface area contributed by atoms with Gasteiger partial charge in [-0.1, -0.05) is 0 Å². The fourth-order valence-electron chi connectivity index (χ4n) is 1.83. The molecule has 8 nitrogen and oxygen atoms in total. The lowest BCUT2D eigenvalue weighted by Gasteiger charge is -2.40. The van der Waals surface area contributed by atoms with Crippen molar-refractivity contribution in [2.24, 2.45) is 0 Å². The molecule has 2 heterocycles. The van der Waals surface area contributed by atoms with Gasteiger partial charge in [0.1, 0.15) is 6.61 Å². The van der Waals surface area contributed by atoms with Crippen LogP contribution in [-0.4, -0.2) is 51.0 Å². The molecule has 1 fully saturated rings. The van der Waals surface area contributed by atoms with Crippen molar-refractivity contribution in [1.82, 2.24) is 4.90 Å². The number of aliphatic carboxylic acids is 1. The minimum Gasteiger partial charge on any atom is -0.543 e. The monoisotopic (exact) mass is 283 g/mol. The molecule has 1 atom stereocenters. The van der Waals surface area contributed by atoms with Gasteiger partial charge in [0.25, 0.3) is 0 Å². The molecule has 1 unspecified atom stereocenters. The van der Waals surface area contributed by atoms with Crippen LogP contribution in [0, 0.1) is 5.53 Å². The Morgan fingerprint density at radius 1 is 1.63 bits per heavy atom. The van der Waals surface area contributed by atoms with Crippen molar-refractivity contribution in [1.29, 1.82) is 5.53 Å². The van der Waals surface area contributed by atoms with Crippen LogP contribution in [0.15, 0.2) is 11.3 Å². The number of thioether (sulfide) groups is 1. The van der Waals surface area contributed by atoms with E-state index in [1.807, 2.05) is 0 Å². The topological polar surface area (TPSA) is 125 Å². The van der Waals surface area contributed by atoms with E-state index in [1.54, 1.807) is 0 Å². The van der Waals surface area contributed by atoms with E-state index in [0.717, 1.165) is 4.90 Å². The standard InChI is InChI=1S/C10H9N3O5S/c1-4(14)18-2-5-3-19-9-6(12-11)8(15)13(9)7(5)10(16)17/h9,11H,2-3H2,1H3. The number of β-lactam (4-membered cyclic amide) rings is 1. The average Bonchev–Trinajstić information content (AvgIpc) is 2.35. The Bertz CT molecular complexity index is 564. The molecule has 2 aliphatic rings. The minimum atomic E-state index is -1.51. The van der Waals surface area contributed by atoms with Gasteiger partial charge in [0.2, 0.25) is 0 Å². The molecule has 0 radical (unpaired) electrons. The molecular weight excluding hydrogens is 274 g/mol. The maximum Gasteiger partial charge on any atom is 0.438 e. The number of nitrogens with zero attached hydrogens (tertiary/aromatic N) is 2. The molecule has 0 aromatic carbocycles. The summed E-state index contributed by atoms with van der Waals surface area (Å²) in [7, 11) is 0. The van der Waals surface area contributed by atoms with Gasteiger partial charge >= 0.3 is 17.6 Å². The third-order valence-corrected chi connectivity index (χ3v) is 3.93. The summed E-state index contributed by atoms with van der Waals surface area (Å²) < 4.78 is 4.75. The van der Waals surface area contributed by atoms with E-state index < -0.39 is 23.2 Å². The fraction of sp³-hybridized carbons (Fsp3) is 0.400. The SMILES string of the molecule is CC(=O)OCC1=C(C(=O)[O-])N2C(=O)C(=[N+]=N)C2SC1. The minimum absolute atomic E-state index is 0.00952. The lowest BCUT2D eigenvalue weighted by atomic mass is 10.1. The lowest BCUT2D eigenvalue weighted by molar-refractivity contribution is -0.301. The molecule has 2 aliphatic heterocycles. The quantitative estimate of drug-likeness (QED) is 0.280. The number of carbonyl (C=O) groups excluding carboxylic acids is 3. The van der Waals surface area contributed by atoms with E-state index >= 15 is 0 Å². The van der Waals surface area contributed by atoms with Crippen LogP contribution in [0.1, 0.15) is 6.92 Å². The van der Waals surface area contributed by atoms with Crippen molar-refractivity contribution < 1.29 is 29.0 Å². The van der Waals surface area contributed by atoms with E-state index in [2.05, 4.69) is 4.79 Å². The van der Waals surface area contributed by atoms with Gasteiger partial charge in [0, 0.05) is 18.2 Å². The largest absolute Gasteiger partial charge is 0.543 e. The second kappa shape index (κ2) is 4.87. The van der Waals surface area contributed by atoms with Crippen LogP contribution in [0.3, 0.4) is 0 Å². The van der Waals surface area contributed by atoms with Gasteiger partial charge in [-0.05, 0) is 0 Å². The van der Waals surface area contributed by atoms with Gasteiger partial charge in [-0.3, -0.25) is 14.5 Å². The molecule has 0 aromatic rings. The summed E-state index contributed by atoms with van der Waals surface area (Å²) in [5, 5.41) is 10.6. The summed E-state index contributed by atoms with van der Waals surface area (Å²) in [6.45, 7) is 1.01. The summed E-state index contributed by atoms with van der Waals surface area (Å²) in [6.07, 6.45) is 0. The molecule has 1 saturated heterocycles. The van der Waals surface area contributed by atoms with Crippen LogP contribution in [0.5, 0.6) is 0 Å². The average molecular weight is 283 g/mol. The molecule has 0 aliphatic carbocycles. The van der Waals surface area contributed by atoms with Gasteiger partial charge in [-0.2, -0.15) is 0 Å². The number of rotatable bonds is 3. The Balaban J connectivity index is 2.32. The second-order valence-corrected chi connectivity index (χ2v) is 4.92. The number of fused-ring (bicyclic) bond motifs is 1. The fourth-order valence-corrected chi connectivity index (χ4v) is 3.07. The molecule has 1 N–H and O–H groups in total. The number of hydrogen-bond acceptors (Lipinski definition) is 7. The molecule has 0 aromatic heterocycles. The number of hydrogen-bond donors (Lipinski definition) is 1. The predicted octanol–water partition coefficient (Wildman–Crippen LogP) is -1.85. The molecule has 0 saturated carbocycles. The van der Waals surface area contributed by atoms with E-state index in [9.17, 15) is 19.5 Å². The van der Waals surface area contributed by atoms with Crippen LogP contribution >= 0.6 is 11.8 Å². The van der Waals surface area contributed by atoms with E-state index in [-0.39, 0.29) is 23.8 Å². The third-order valence-electron chi connectivity index (χ3n) is 2.66. The van der Waals surface area contributed by atoms with Gasteiger partial charge in [0.15, 0.2) is 5.37 Å². The van der Waals surface area contributed by atoms with Crippen molar-refractivity contribution >= 4 is 35.3 Å². The van der Waals surface area contributed by atoms with Crippen LogP contribution in [0.2, 0.25) is 0 Å². The predicted molar refractivity (Wildman–Crippen MR) is 59.7 cm³/mol. The number of esters is 1. The van der Waals surface area contributed by atoms with Crippen LogP contribution in [0.25, 0.3) is 0 Å². The molecule has 2 rings (SSSR count). The Morgan fingerprint density at radius 3 is 2.84 bits per heavy atom. The molecular formula is C10H9N3O5S. The number of amides is 1. The zero-order chi connectivity index (χ0) is 14.2. The number of carboxylic acid groups (broad SMARTS) is 1. The van der Waals surface area contributed by atoms with E-state index in [0.29, 0.717) is 5.57 Å². The van der Waals surface area contributed by atoms with Crippen molar-refractivity contribution in [2.45, 2.75) is 12.3 Å². The normalized spacial score (nSPS) is 21.5. The summed E-state index contributed by atoms with van der Waals surface area (Å²) in [5.41, 5.74) is 6.87. The summed E-state index contributed by atoms with van der Waals surface area (Å²) in [6, 6.07) is 0. The maximum absolute atomic E-state index is 11.7. The second-order valence-electron chi connectivity index (χ2n) is 3.86. The van der Waals surface area contributed by atoms with Gasteiger partial charge in [0.05, 0.1) is 22.0 Å². The molecule has 100 valence electrons. The Labute approximate surface area is 111 Å².